The Labute approximate surface area is 111 Å². The van der Waals surface area contributed by atoms with Gasteiger partial charge in [0.25, 0.3) is 0 Å². The lowest BCUT2D eigenvalue weighted by Crippen LogP contribution is -2.35. The molecular formula is C13H17FN2OS. The first-order chi connectivity index (χ1) is 8.56. The van der Waals surface area contributed by atoms with Gasteiger partial charge in [0.1, 0.15) is 10.8 Å². The van der Waals surface area contributed by atoms with Crippen LogP contribution in [0, 0.1) is 5.82 Å². The number of likely N-dealkylation sites (tertiary alicyclic amines) is 1. The summed E-state index contributed by atoms with van der Waals surface area (Å²) in [5, 5.41) is 9.43. The molecule has 1 fully saturated rings. The first kappa shape index (κ1) is 13.4. The van der Waals surface area contributed by atoms with Gasteiger partial charge in [0.05, 0.1) is 6.10 Å². The number of halogens is 1. The summed E-state index contributed by atoms with van der Waals surface area (Å²) in [6.45, 7) is 2.12. The molecule has 5 heteroatoms. The van der Waals surface area contributed by atoms with Crippen molar-refractivity contribution in [3.05, 3.63) is 35.1 Å². The molecule has 0 atom stereocenters. The van der Waals surface area contributed by atoms with Crippen LogP contribution in [0.25, 0.3) is 0 Å². The number of hydrogen-bond donors (Lipinski definition) is 2. The van der Waals surface area contributed by atoms with E-state index in [1.807, 2.05) is 0 Å². The van der Waals surface area contributed by atoms with Gasteiger partial charge >= 0.3 is 0 Å². The smallest absolute Gasteiger partial charge is 0.127 e. The Bertz CT molecular complexity index is 445. The molecule has 3 nitrogen and oxygen atoms in total. The molecule has 1 aliphatic rings. The van der Waals surface area contributed by atoms with Gasteiger partial charge in [-0.15, -0.1) is 0 Å². The van der Waals surface area contributed by atoms with Crippen LogP contribution in [0.1, 0.15) is 24.0 Å². The fraction of sp³-hybridized carbons (Fsp3) is 0.462. The Morgan fingerprint density at radius 3 is 2.72 bits per heavy atom. The van der Waals surface area contributed by atoms with Gasteiger partial charge in [0.2, 0.25) is 0 Å². The van der Waals surface area contributed by atoms with E-state index in [4.69, 9.17) is 18.0 Å². The predicted octanol–water partition coefficient (Wildman–Crippen LogP) is 1.42. The Morgan fingerprint density at radius 2 is 2.11 bits per heavy atom. The Kier molecular flexibility index (Phi) is 4.27. The summed E-state index contributed by atoms with van der Waals surface area (Å²) in [5.74, 6) is -0.235. The maximum Gasteiger partial charge on any atom is 0.127 e. The summed E-state index contributed by atoms with van der Waals surface area (Å²) >= 11 is 4.89. The molecule has 0 spiro atoms. The SMILES string of the molecule is NC(=S)c1ccc(F)c(CN2CCC(O)CC2)c1. The van der Waals surface area contributed by atoms with E-state index >= 15 is 0 Å². The van der Waals surface area contributed by atoms with Gasteiger partial charge in [0, 0.05) is 30.8 Å². The molecule has 0 aromatic heterocycles. The van der Waals surface area contributed by atoms with Crippen molar-refractivity contribution < 1.29 is 9.50 Å². The zero-order valence-electron chi connectivity index (χ0n) is 10.1. The molecule has 1 aromatic carbocycles. The molecule has 1 aliphatic heterocycles. The highest BCUT2D eigenvalue weighted by Gasteiger charge is 2.18. The average molecular weight is 268 g/mol. The minimum absolute atomic E-state index is 0.214. The second-order valence-corrected chi connectivity index (χ2v) is 5.12. The summed E-state index contributed by atoms with van der Waals surface area (Å²) < 4.78 is 13.7. The van der Waals surface area contributed by atoms with Crippen LogP contribution in [0.3, 0.4) is 0 Å². The number of rotatable bonds is 3. The molecule has 0 radical (unpaired) electrons. The average Bonchev–Trinajstić information content (AvgIpc) is 2.34. The summed E-state index contributed by atoms with van der Waals surface area (Å²) in [6, 6.07) is 4.71. The monoisotopic (exact) mass is 268 g/mol. The highest BCUT2D eigenvalue weighted by molar-refractivity contribution is 7.80. The predicted molar refractivity (Wildman–Crippen MR) is 72.8 cm³/mol. The van der Waals surface area contributed by atoms with Crippen LogP contribution < -0.4 is 5.73 Å². The Morgan fingerprint density at radius 1 is 1.44 bits per heavy atom. The van der Waals surface area contributed by atoms with E-state index in [0.29, 0.717) is 17.7 Å². The van der Waals surface area contributed by atoms with Crippen molar-refractivity contribution in [1.82, 2.24) is 4.90 Å². The van der Waals surface area contributed by atoms with Crippen LogP contribution >= 0.6 is 12.2 Å². The third kappa shape index (κ3) is 3.25. The number of nitrogens with zero attached hydrogens (tertiary/aromatic N) is 1. The minimum atomic E-state index is -0.235. The van der Waals surface area contributed by atoms with Crippen molar-refractivity contribution in [1.29, 1.82) is 0 Å². The molecule has 1 saturated heterocycles. The topological polar surface area (TPSA) is 49.5 Å². The summed E-state index contributed by atoms with van der Waals surface area (Å²) in [7, 11) is 0. The van der Waals surface area contributed by atoms with Crippen LogP contribution in [0.4, 0.5) is 4.39 Å². The van der Waals surface area contributed by atoms with Gasteiger partial charge in [-0.2, -0.15) is 0 Å². The molecule has 1 heterocycles. The van der Waals surface area contributed by atoms with Crippen molar-refractivity contribution >= 4 is 17.2 Å². The van der Waals surface area contributed by atoms with Crippen LogP contribution in [0.2, 0.25) is 0 Å². The summed E-state index contributed by atoms with van der Waals surface area (Å²) in [5.41, 5.74) is 6.85. The number of aliphatic hydroxyl groups is 1. The lowest BCUT2D eigenvalue weighted by molar-refractivity contribution is 0.0787. The van der Waals surface area contributed by atoms with Gasteiger partial charge < -0.3 is 10.8 Å². The molecule has 0 saturated carbocycles. The minimum Gasteiger partial charge on any atom is -0.393 e. The van der Waals surface area contributed by atoms with Crippen LogP contribution in [0.15, 0.2) is 18.2 Å². The lowest BCUT2D eigenvalue weighted by atomic mass is 10.1. The lowest BCUT2D eigenvalue weighted by Gasteiger charge is -2.29. The largest absolute Gasteiger partial charge is 0.393 e. The molecule has 18 heavy (non-hydrogen) atoms. The number of benzene rings is 1. The van der Waals surface area contributed by atoms with E-state index < -0.39 is 0 Å². The van der Waals surface area contributed by atoms with Crippen LogP contribution in [0.5, 0.6) is 0 Å². The fourth-order valence-corrected chi connectivity index (χ4v) is 2.29. The molecule has 0 aliphatic carbocycles. The second-order valence-electron chi connectivity index (χ2n) is 4.68. The van der Waals surface area contributed by atoms with Crippen molar-refractivity contribution in [2.24, 2.45) is 5.73 Å². The van der Waals surface area contributed by atoms with Crippen molar-refractivity contribution in [2.75, 3.05) is 13.1 Å². The standard InChI is InChI=1S/C13H17FN2OS/c14-12-2-1-9(13(15)18)7-10(12)8-16-5-3-11(17)4-6-16/h1-2,7,11,17H,3-6,8H2,(H2,15,18). The maximum atomic E-state index is 13.7. The zero-order valence-corrected chi connectivity index (χ0v) is 10.9. The number of piperidine rings is 1. The number of aliphatic hydroxyl groups excluding tert-OH is 1. The summed E-state index contributed by atoms with van der Waals surface area (Å²) in [6.07, 6.45) is 1.28. The van der Waals surface area contributed by atoms with E-state index in [2.05, 4.69) is 4.90 Å². The first-order valence-corrected chi connectivity index (χ1v) is 6.45. The molecule has 98 valence electrons. The highest BCUT2D eigenvalue weighted by atomic mass is 32.1. The van der Waals surface area contributed by atoms with E-state index in [1.54, 1.807) is 12.1 Å². The molecule has 1 aromatic rings. The van der Waals surface area contributed by atoms with E-state index in [1.165, 1.54) is 6.07 Å². The van der Waals surface area contributed by atoms with E-state index in [0.717, 1.165) is 25.9 Å². The number of hydrogen-bond acceptors (Lipinski definition) is 3. The van der Waals surface area contributed by atoms with Gasteiger partial charge in [-0.05, 0) is 31.0 Å². The molecular weight excluding hydrogens is 251 g/mol. The number of thiocarbonyl (C=S) groups is 1. The molecule has 3 N–H and O–H groups in total. The third-order valence-corrected chi connectivity index (χ3v) is 3.52. The second kappa shape index (κ2) is 5.73. The number of nitrogens with two attached hydrogens (primary N) is 1. The Balaban J connectivity index is 2.08. The quantitative estimate of drug-likeness (QED) is 0.814. The summed E-state index contributed by atoms with van der Waals surface area (Å²) in [4.78, 5) is 2.42. The first-order valence-electron chi connectivity index (χ1n) is 6.05. The molecule has 0 unspecified atom stereocenters. The van der Waals surface area contributed by atoms with Crippen LogP contribution in [-0.4, -0.2) is 34.2 Å². The maximum absolute atomic E-state index is 13.7. The van der Waals surface area contributed by atoms with E-state index in [9.17, 15) is 9.50 Å². The van der Waals surface area contributed by atoms with Gasteiger partial charge in [-0.1, -0.05) is 12.2 Å². The van der Waals surface area contributed by atoms with Gasteiger partial charge in [-0.3, -0.25) is 4.90 Å². The zero-order chi connectivity index (χ0) is 13.1. The van der Waals surface area contributed by atoms with Crippen molar-refractivity contribution in [3.63, 3.8) is 0 Å². The third-order valence-electron chi connectivity index (χ3n) is 3.28. The van der Waals surface area contributed by atoms with E-state index in [-0.39, 0.29) is 16.9 Å². The fourth-order valence-electron chi connectivity index (χ4n) is 2.17. The van der Waals surface area contributed by atoms with Crippen molar-refractivity contribution in [3.8, 4) is 0 Å². The molecule has 0 amide bonds. The molecule has 0 bridgehead atoms. The van der Waals surface area contributed by atoms with Crippen LogP contribution in [-0.2, 0) is 6.54 Å². The normalized spacial score (nSPS) is 17.9. The van der Waals surface area contributed by atoms with Gasteiger partial charge in [0.15, 0.2) is 0 Å². The van der Waals surface area contributed by atoms with Crippen molar-refractivity contribution in [2.45, 2.75) is 25.5 Å². The molecule has 2 rings (SSSR count). The highest BCUT2D eigenvalue weighted by Crippen LogP contribution is 2.17. The Hall–Kier alpha value is -1.04. The van der Waals surface area contributed by atoms with Gasteiger partial charge in [-0.25, -0.2) is 4.39 Å².